The van der Waals surface area contributed by atoms with Crippen LogP contribution in [0.3, 0.4) is 0 Å². The fourth-order valence-corrected chi connectivity index (χ4v) is 9.85. The third-order valence-electron chi connectivity index (χ3n) is 12.0. The maximum absolute atomic E-state index is 13.5. The number of nitrogens with one attached hydrogen (secondary N) is 2. The first-order chi connectivity index (χ1) is 26.5. The van der Waals surface area contributed by atoms with Gasteiger partial charge in [-0.3, -0.25) is 9.69 Å². The van der Waals surface area contributed by atoms with Gasteiger partial charge < -0.3 is 15.1 Å². The van der Waals surface area contributed by atoms with Crippen molar-refractivity contribution in [1.82, 2.24) is 29.8 Å². The highest BCUT2D eigenvalue weighted by molar-refractivity contribution is 7.90. The number of benzene rings is 3. The lowest BCUT2D eigenvalue weighted by Crippen LogP contribution is -2.57. The number of nitrogens with zero attached hydrogens (tertiary/aromatic N) is 5. The number of aromatic nitrogens is 2. The molecule has 55 heavy (non-hydrogen) atoms. The first-order valence-electron chi connectivity index (χ1n) is 19.7. The summed E-state index contributed by atoms with van der Waals surface area (Å²) in [5.41, 5.74) is 8.23. The van der Waals surface area contributed by atoms with Crippen molar-refractivity contribution in [2.45, 2.75) is 95.3 Å². The van der Waals surface area contributed by atoms with Crippen LogP contribution in [-0.4, -0.2) is 77.1 Å². The molecule has 3 aliphatic rings. The number of hydrogen-bond acceptors (Lipinski definition) is 8. The summed E-state index contributed by atoms with van der Waals surface area (Å²) >= 11 is 0. The number of likely N-dealkylation sites (tertiary alicyclic amines) is 2. The average Bonchev–Trinajstić information content (AvgIpc) is 4.07. The smallest absolute Gasteiger partial charge is 0.242 e. The van der Waals surface area contributed by atoms with Crippen LogP contribution in [0.2, 0.25) is 0 Å². The Bertz CT molecular complexity index is 2020. The largest absolute Gasteiger partial charge is 0.371 e. The molecule has 7 rings (SSSR count). The van der Waals surface area contributed by atoms with Crippen molar-refractivity contribution < 1.29 is 13.2 Å². The van der Waals surface area contributed by atoms with E-state index in [1.54, 1.807) is 18.5 Å². The van der Waals surface area contributed by atoms with E-state index in [2.05, 4.69) is 103 Å². The maximum atomic E-state index is 13.5. The van der Waals surface area contributed by atoms with Gasteiger partial charge in [0.1, 0.15) is 12.4 Å². The highest BCUT2D eigenvalue weighted by atomic mass is 32.2. The molecule has 2 saturated heterocycles. The quantitative estimate of drug-likeness (QED) is 0.149. The van der Waals surface area contributed by atoms with Gasteiger partial charge in [-0.1, -0.05) is 79.4 Å². The number of rotatable bonds is 14. The lowest BCUT2D eigenvalue weighted by Gasteiger charge is -2.51. The number of carbonyl (C=O) groups is 1. The van der Waals surface area contributed by atoms with Gasteiger partial charge in [0.15, 0.2) is 0 Å². The molecule has 1 aliphatic carbocycles. The average molecular weight is 762 g/mol. The number of piperidine rings is 2. The van der Waals surface area contributed by atoms with Crippen LogP contribution in [0.5, 0.6) is 0 Å². The summed E-state index contributed by atoms with van der Waals surface area (Å²) in [4.78, 5) is 30.0. The second kappa shape index (κ2) is 16.6. The van der Waals surface area contributed by atoms with E-state index < -0.39 is 21.3 Å². The number of hydrogen-bond donors (Lipinski definition) is 2. The van der Waals surface area contributed by atoms with Crippen LogP contribution in [0.25, 0.3) is 5.70 Å². The molecule has 1 saturated carbocycles. The van der Waals surface area contributed by atoms with E-state index in [0.29, 0.717) is 31.0 Å². The Morgan fingerprint density at radius 2 is 1.45 bits per heavy atom. The van der Waals surface area contributed by atoms with Crippen molar-refractivity contribution in [1.29, 1.82) is 0 Å². The first kappa shape index (κ1) is 38.7. The molecule has 0 radical (unpaired) electrons. The van der Waals surface area contributed by atoms with Crippen LogP contribution in [0.1, 0.15) is 85.1 Å². The Hall–Kier alpha value is -4.58. The van der Waals surface area contributed by atoms with Crippen molar-refractivity contribution in [3.8, 4) is 0 Å². The minimum Gasteiger partial charge on any atom is -0.371 e. The Labute approximate surface area is 327 Å². The first-order valence-corrected chi connectivity index (χ1v) is 21.3. The SMILES string of the molecule is C=C(c1c(C)ncnc1C)N1CCC(C)(N2CCC(N(Cc3ccccc3)c3ccc(CNC(=O)C(NS(=O)(=O)C4CC4)c4ccccc4)cc3)CC2)CC1. The number of carbonyl (C=O) groups excluding carboxylic acids is 1. The molecule has 2 N–H and O–H groups in total. The Balaban J connectivity index is 0.984. The van der Waals surface area contributed by atoms with E-state index in [0.717, 1.165) is 92.3 Å². The van der Waals surface area contributed by atoms with Crippen LogP contribution < -0.4 is 14.9 Å². The third-order valence-corrected chi connectivity index (χ3v) is 13.9. The van der Waals surface area contributed by atoms with Gasteiger partial charge in [-0.2, -0.15) is 4.72 Å². The second-order valence-electron chi connectivity index (χ2n) is 15.8. The van der Waals surface area contributed by atoms with Crippen molar-refractivity contribution >= 4 is 27.3 Å². The summed E-state index contributed by atoms with van der Waals surface area (Å²) in [5, 5.41) is 2.58. The number of sulfonamides is 1. The summed E-state index contributed by atoms with van der Waals surface area (Å²) in [6.45, 7) is 16.1. The predicted octanol–water partition coefficient (Wildman–Crippen LogP) is 6.53. The van der Waals surface area contributed by atoms with Crippen molar-refractivity contribution in [2.75, 3.05) is 31.1 Å². The number of anilines is 1. The van der Waals surface area contributed by atoms with Crippen LogP contribution in [-0.2, 0) is 27.9 Å². The minimum atomic E-state index is -3.57. The van der Waals surface area contributed by atoms with E-state index in [1.165, 1.54) is 5.56 Å². The summed E-state index contributed by atoms with van der Waals surface area (Å²) in [6.07, 6.45) is 7.23. The molecule has 1 aromatic heterocycles. The molecule has 4 aromatic rings. The molecular formula is C44H55N7O3S. The molecule has 3 heterocycles. The van der Waals surface area contributed by atoms with E-state index in [4.69, 9.17) is 0 Å². The zero-order valence-electron chi connectivity index (χ0n) is 32.5. The van der Waals surface area contributed by atoms with E-state index in [9.17, 15) is 13.2 Å². The second-order valence-corrected chi connectivity index (χ2v) is 17.8. The zero-order chi connectivity index (χ0) is 38.6. The van der Waals surface area contributed by atoms with Gasteiger partial charge in [-0.25, -0.2) is 18.4 Å². The molecule has 3 aromatic carbocycles. The molecular weight excluding hydrogens is 707 g/mol. The van der Waals surface area contributed by atoms with E-state index in [-0.39, 0.29) is 11.4 Å². The number of aryl methyl sites for hydroxylation is 2. The highest BCUT2D eigenvalue weighted by Crippen LogP contribution is 2.36. The molecule has 1 atom stereocenters. The Morgan fingerprint density at radius 1 is 0.855 bits per heavy atom. The lowest BCUT2D eigenvalue weighted by atomic mass is 9.85. The van der Waals surface area contributed by atoms with Crippen LogP contribution in [0, 0.1) is 13.8 Å². The summed E-state index contributed by atoms with van der Waals surface area (Å²) in [6, 6.07) is 27.6. The van der Waals surface area contributed by atoms with Gasteiger partial charge in [0, 0.05) is 67.8 Å². The van der Waals surface area contributed by atoms with Gasteiger partial charge in [-0.15, -0.1) is 0 Å². The molecule has 10 nitrogen and oxygen atoms in total. The maximum Gasteiger partial charge on any atom is 0.242 e. The number of amides is 1. The van der Waals surface area contributed by atoms with Crippen molar-refractivity contribution in [3.63, 3.8) is 0 Å². The fraction of sp³-hybridized carbons (Fsp3) is 0.432. The molecule has 1 amide bonds. The van der Waals surface area contributed by atoms with Crippen molar-refractivity contribution in [2.24, 2.45) is 0 Å². The van der Waals surface area contributed by atoms with Gasteiger partial charge in [0.2, 0.25) is 15.9 Å². The molecule has 11 heteroatoms. The standard InChI is InChI=1S/C44H55N7O3S/c1-32-41(33(2)47-31-46-32)34(3)49-27-23-44(4,24-28-49)50-25-21-39(22-26-50)51(30-36-11-7-5-8-12-36)38-17-15-35(16-18-38)29-45-43(52)42(37-13-9-6-10-14-37)48-55(53,54)40-19-20-40/h5-18,31,39-40,42,48H,3,19-30H2,1-2,4H3,(H,45,52). The topological polar surface area (TPSA) is 111 Å². The van der Waals surface area contributed by atoms with Gasteiger partial charge >= 0.3 is 0 Å². The summed E-state index contributed by atoms with van der Waals surface area (Å²) in [7, 11) is -3.57. The van der Waals surface area contributed by atoms with E-state index in [1.807, 2.05) is 32.0 Å². The van der Waals surface area contributed by atoms with E-state index >= 15 is 0 Å². The monoisotopic (exact) mass is 761 g/mol. The Morgan fingerprint density at radius 3 is 2.05 bits per heavy atom. The predicted molar refractivity (Wildman–Crippen MR) is 220 cm³/mol. The Kier molecular flexibility index (Phi) is 11.7. The van der Waals surface area contributed by atoms with Gasteiger partial charge in [-0.05, 0) is 88.1 Å². The summed E-state index contributed by atoms with van der Waals surface area (Å²) < 4.78 is 28.3. The van der Waals surface area contributed by atoms with Gasteiger partial charge in [0.25, 0.3) is 0 Å². The van der Waals surface area contributed by atoms with Crippen LogP contribution in [0.4, 0.5) is 5.69 Å². The minimum absolute atomic E-state index is 0.145. The molecule has 3 fully saturated rings. The fourth-order valence-electron chi connectivity index (χ4n) is 8.33. The molecule has 1 unspecified atom stereocenters. The van der Waals surface area contributed by atoms with Gasteiger partial charge in [0.05, 0.1) is 16.6 Å². The summed E-state index contributed by atoms with van der Waals surface area (Å²) in [5.74, 6) is -0.364. The molecule has 290 valence electrons. The van der Waals surface area contributed by atoms with Crippen molar-refractivity contribution in [3.05, 3.63) is 131 Å². The highest BCUT2D eigenvalue weighted by Gasteiger charge is 2.40. The normalized spacial score (nSPS) is 18.4. The molecule has 0 bridgehead atoms. The van der Waals surface area contributed by atoms with Crippen LogP contribution >= 0.6 is 0 Å². The lowest BCUT2D eigenvalue weighted by molar-refractivity contribution is -0.123. The third kappa shape index (κ3) is 9.11. The molecule has 2 aliphatic heterocycles. The van der Waals surface area contributed by atoms with Crippen LogP contribution in [0.15, 0.2) is 97.8 Å². The molecule has 0 spiro atoms. The zero-order valence-corrected chi connectivity index (χ0v) is 33.3.